The zero-order valence-electron chi connectivity index (χ0n) is 12.3. The second-order valence-electron chi connectivity index (χ2n) is 6.04. The Labute approximate surface area is 124 Å². The van der Waals surface area contributed by atoms with Gasteiger partial charge in [0, 0.05) is 25.2 Å². The van der Waals surface area contributed by atoms with Crippen LogP contribution in [0.1, 0.15) is 31.4 Å². The van der Waals surface area contributed by atoms with Crippen molar-refractivity contribution in [2.45, 2.75) is 38.5 Å². The molecule has 0 aliphatic carbocycles. The summed E-state index contributed by atoms with van der Waals surface area (Å²) >= 11 is 0. The highest BCUT2D eigenvalue weighted by Crippen LogP contribution is 2.32. The molecule has 3 atom stereocenters. The van der Waals surface area contributed by atoms with Crippen molar-refractivity contribution in [1.29, 1.82) is 0 Å². The summed E-state index contributed by atoms with van der Waals surface area (Å²) in [5, 5.41) is 3.60. The van der Waals surface area contributed by atoms with Crippen molar-refractivity contribution in [3.63, 3.8) is 0 Å². The molecule has 0 radical (unpaired) electrons. The van der Waals surface area contributed by atoms with Gasteiger partial charge in [-0.2, -0.15) is 8.78 Å². The minimum Gasteiger partial charge on any atom is -0.435 e. The first-order chi connectivity index (χ1) is 10.1. The van der Waals surface area contributed by atoms with Crippen molar-refractivity contribution in [1.82, 2.24) is 10.2 Å². The number of nitrogens with one attached hydrogen (secondary N) is 1. The molecule has 3 nitrogen and oxygen atoms in total. The second kappa shape index (κ2) is 6.28. The number of nitrogens with zero attached hydrogens (tertiary/aromatic N) is 1. The summed E-state index contributed by atoms with van der Waals surface area (Å²) in [6, 6.07) is 7.94. The van der Waals surface area contributed by atoms with E-state index in [-0.39, 0.29) is 5.75 Å². The monoisotopic (exact) mass is 296 g/mol. The first-order valence-electron chi connectivity index (χ1n) is 7.65. The minimum atomic E-state index is -2.76. The summed E-state index contributed by atoms with van der Waals surface area (Å²) in [7, 11) is 0. The Morgan fingerprint density at radius 1 is 1.24 bits per heavy atom. The summed E-state index contributed by atoms with van der Waals surface area (Å²) in [6.07, 6.45) is 2.57. The molecule has 2 aliphatic heterocycles. The minimum absolute atomic E-state index is 0.220. The van der Waals surface area contributed by atoms with Crippen LogP contribution in [0.5, 0.6) is 5.75 Å². The standard InChI is InChI=1S/C16H22F2N2O/c1-11(12-4-6-14(7-5-12)21-16(17)18)20-9-13-3-2-8-19-15(13)10-20/h4-7,11,13,15-16,19H,2-3,8-10H2,1H3/t11?,13-,15+/m0/s1. The first kappa shape index (κ1) is 14.7. The number of piperidine rings is 1. The molecule has 1 N–H and O–H groups in total. The molecular formula is C16H22F2N2O. The van der Waals surface area contributed by atoms with Crippen LogP contribution in [0.3, 0.4) is 0 Å². The molecule has 5 heteroatoms. The Morgan fingerprint density at radius 2 is 2.00 bits per heavy atom. The molecule has 2 heterocycles. The fourth-order valence-corrected chi connectivity index (χ4v) is 3.53. The lowest BCUT2D eigenvalue weighted by Gasteiger charge is -2.25. The van der Waals surface area contributed by atoms with Gasteiger partial charge in [-0.25, -0.2) is 0 Å². The highest BCUT2D eigenvalue weighted by Gasteiger charge is 2.36. The molecule has 3 rings (SSSR count). The van der Waals surface area contributed by atoms with E-state index in [2.05, 4.69) is 21.9 Å². The number of alkyl halides is 2. The van der Waals surface area contributed by atoms with Gasteiger partial charge in [-0.3, -0.25) is 4.90 Å². The van der Waals surface area contributed by atoms with Crippen LogP contribution in [-0.4, -0.2) is 37.2 Å². The van der Waals surface area contributed by atoms with E-state index in [1.165, 1.54) is 12.8 Å². The molecule has 1 aromatic rings. The molecule has 0 bridgehead atoms. The lowest BCUT2D eigenvalue weighted by molar-refractivity contribution is -0.0498. The molecule has 21 heavy (non-hydrogen) atoms. The molecule has 116 valence electrons. The Kier molecular flexibility index (Phi) is 4.40. The third-order valence-electron chi connectivity index (χ3n) is 4.76. The SMILES string of the molecule is CC(c1ccc(OC(F)F)cc1)N1C[C@@H]2CCCN[C@@H]2C1. The van der Waals surface area contributed by atoms with Crippen LogP contribution in [0.15, 0.2) is 24.3 Å². The number of ether oxygens (including phenoxy) is 1. The van der Waals surface area contributed by atoms with Crippen molar-refractivity contribution in [3.05, 3.63) is 29.8 Å². The van der Waals surface area contributed by atoms with E-state index in [0.717, 1.165) is 31.1 Å². The summed E-state index contributed by atoms with van der Waals surface area (Å²) in [6.45, 7) is 2.74. The Hall–Kier alpha value is -1.20. The van der Waals surface area contributed by atoms with Gasteiger partial charge in [0.1, 0.15) is 5.75 Å². The van der Waals surface area contributed by atoms with Crippen LogP contribution in [0.25, 0.3) is 0 Å². The number of hydrogen-bond acceptors (Lipinski definition) is 3. The largest absolute Gasteiger partial charge is 0.435 e. The number of benzene rings is 1. The number of fused-ring (bicyclic) bond motifs is 1. The molecule has 1 aromatic carbocycles. The quantitative estimate of drug-likeness (QED) is 0.924. The van der Waals surface area contributed by atoms with Gasteiger partial charge in [-0.05, 0) is 49.9 Å². The number of rotatable bonds is 4. The highest BCUT2D eigenvalue weighted by atomic mass is 19.3. The molecule has 0 amide bonds. The van der Waals surface area contributed by atoms with E-state index in [9.17, 15) is 8.78 Å². The fourth-order valence-electron chi connectivity index (χ4n) is 3.53. The van der Waals surface area contributed by atoms with Crippen LogP contribution in [-0.2, 0) is 0 Å². The van der Waals surface area contributed by atoms with E-state index < -0.39 is 6.61 Å². The molecule has 0 aromatic heterocycles. The number of halogens is 2. The average molecular weight is 296 g/mol. The van der Waals surface area contributed by atoms with Crippen molar-refractivity contribution < 1.29 is 13.5 Å². The number of likely N-dealkylation sites (tertiary alicyclic amines) is 1. The Balaban J connectivity index is 1.63. The van der Waals surface area contributed by atoms with Crippen molar-refractivity contribution in [2.75, 3.05) is 19.6 Å². The van der Waals surface area contributed by atoms with Gasteiger partial charge in [-0.15, -0.1) is 0 Å². The van der Waals surface area contributed by atoms with Gasteiger partial charge in [0.25, 0.3) is 0 Å². The van der Waals surface area contributed by atoms with Crippen LogP contribution in [0, 0.1) is 5.92 Å². The average Bonchev–Trinajstić information content (AvgIpc) is 2.90. The lowest BCUT2D eigenvalue weighted by Crippen LogP contribution is -2.40. The summed E-state index contributed by atoms with van der Waals surface area (Å²) in [4.78, 5) is 2.48. The van der Waals surface area contributed by atoms with E-state index in [4.69, 9.17) is 0 Å². The molecule has 2 fully saturated rings. The maximum atomic E-state index is 12.2. The zero-order valence-corrected chi connectivity index (χ0v) is 12.3. The van der Waals surface area contributed by atoms with E-state index in [1.54, 1.807) is 12.1 Å². The van der Waals surface area contributed by atoms with Crippen LogP contribution < -0.4 is 10.1 Å². The van der Waals surface area contributed by atoms with E-state index in [1.807, 2.05) is 12.1 Å². The van der Waals surface area contributed by atoms with Crippen molar-refractivity contribution in [3.8, 4) is 5.75 Å². The molecule has 1 unspecified atom stereocenters. The predicted molar refractivity (Wildman–Crippen MR) is 77.6 cm³/mol. The van der Waals surface area contributed by atoms with E-state index >= 15 is 0 Å². The maximum absolute atomic E-state index is 12.2. The maximum Gasteiger partial charge on any atom is 0.387 e. The lowest BCUT2D eigenvalue weighted by atomic mass is 9.94. The molecular weight excluding hydrogens is 274 g/mol. The Bertz CT molecular complexity index is 452. The van der Waals surface area contributed by atoms with Crippen molar-refractivity contribution in [2.24, 2.45) is 5.92 Å². The third kappa shape index (κ3) is 3.35. The topological polar surface area (TPSA) is 24.5 Å². The van der Waals surface area contributed by atoms with Gasteiger partial charge in [0.15, 0.2) is 0 Å². The van der Waals surface area contributed by atoms with Gasteiger partial charge >= 0.3 is 6.61 Å². The highest BCUT2D eigenvalue weighted by molar-refractivity contribution is 5.29. The van der Waals surface area contributed by atoms with Crippen LogP contribution in [0.2, 0.25) is 0 Å². The van der Waals surface area contributed by atoms with Gasteiger partial charge < -0.3 is 10.1 Å². The van der Waals surface area contributed by atoms with Crippen molar-refractivity contribution >= 4 is 0 Å². The normalized spacial score (nSPS) is 27.6. The smallest absolute Gasteiger partial charge is 0.387 e. The second-order valence-corrected chi connectivity index (χ2v) is 6.04. The Morgan fingerprint density at radius 3 is 2.67 bits per heavy atom. The van der Waals surface area contributed by atoms with Gasteiger partial charge in [-0.1, -0.05) is 12.1 Å². The molecule has 2 saturated heterocycles. The van der Waals surface area contributed by atoms with Gasteiger partial charge in [0.05, 0.1) is 0 Å². The molecule has 2 aliphatic rings. The third-order valence-corrected chi connectivity index (χ3v) is 4.76. The van der Waals surface area contributed by atoms with Crippen LogP contribution >= 0.6 is 0 Å². The summed E-state index contributed by atoms with van der Waals surface area (Å²) in [5.41, 5.74) is 1.15. The summed E-state index contributed by atoms with van der Waals surface area (Å²) in [5.74, 6) is 0.973. The van der Waals surface area contributed by atoms with Gasteiger partial charge in [0.2, 0.25) is 0 Å². The van der Waals surface area contributed by atoms with Crippen LogP contribution in [0.4, 0.5) is 8.78 Å². The fraction of sp³-hybridized carbons (Fsp3) is 0.625. The predicted octanol–water partition coefficient (Wildman–Crippen LogP) is 3.03. The molecule has 0 saturated carbocycles. The first-order valence-corrected chi connectivity index (χ1v) is 7.65. The zero-order chi connectivity index (χ0) is 14.8. The molecule has 0 spiro atoms. The summed E-state index contributed by atoms with van der Waals surface area (Å²) < 4.78 is 28.7. The number of hydrogen-bond donors (Lipinski definition) is 1. The van der Waals surface area contributed by atoms with E-state index in [0.29, 0.717) is 12.1 Å².